The second kappa shape index (κ2) is 7.26. The van der Waals surface area contributed by atoms with Crippen LogP contribution in [0.4, 0.5) is 5.82 Å². The van der Waals surface area contributed by atoms with Gasteiger partial charge in [0.15, 0.2) is 0 Å². The molecule has 122 valence electrons. The Morgan fingerprint density at radius 3 is 2.96 bits per heavy atom. The second-order valence-corrected chi connectivity index (χ2v) is 5.88. The van der Waals surface area contributed by atoms with Gasteiger partial charge in [0.2, 0.25) is 0 Å². The van der Waals surface area contributed by atoms with Crippen LogP contribution in [0.2, 0.25) is 0 Å². The van der Waals surface area contributed by atoms with Gasteiger partial charge < -0.3 is 10.5 Å². The van der Waals surface area contributed by atoms with Crippen LogP contribution in [-0.2, 0) is 11.3 Å². The lowest BCUT2D eigenvalue weighted by Gasteiger charge is -2.08. The molecular formula is C17H23N5O. The molecule has 23 heavy (non-hydrogen) atoms. The maximum absolute atomic E-state index is 5.99. The van der Waals surface area contributed by atoms with Crippen molar-refractivity contribution in [3.8, 4) is 11.3 Å². The molecule has 2 aromatic heterocycles. The number of nitrogens with zero attached hydrogens (tertiary/aromatic N) is 4. The molecule has 0 radical (unpaired) electrons. The molecule has 0 bridgehead atoms. The molecule has 2 N–H and O–H groups in total. The van der Waals surface area contributed by atoms with Crippen LogP contribution in [0, 0.1) is 5.92 Å². The molecule has 6 heteroatoms. The second-order valence-electron chi connectivity index (χ2n) is 5.88. The third kappa shape index (κ3) is 3.70. The highest BCUT2D eigenvalue weighted by atomic mass is 16.5. The standard InChI is InChI=1S/C17H23N5O/c1-2-23-8-7-15-16(19-12-20-17(15)18)14-9-21-22(11-14)10-13-5-3-4-6-13/h7-9,11-13H,2-6,10H2,1H3,(H2,18,19,20)/b8-7+. The molecule has 6 nitrogen and oxygen atoms in total. The maximum atomic E-state index is 5.99. The fourth-order valence-corrected chi connectivity index (χ4v) is 3.06. The van der Waals surface area contributed by atoms with E-state index in [9.17, 15) is 0 Å². The minimum absolute atomic E-state index is 0.439. The molecule has 0 amide bonds. The van der Waals surface area contributed by atoms with Crippen molar-refractivity contribution in [2.24, 2.45) is 5.92 Å². The van der Waals surface area contributed by atoms with E-state index in [0.717, 1.165) is 29.3 Å². The van der Waals surface area contributed by atoms with Gasteiger partial charge in [0.1, 0.15) is 12.1 Å². The van der Waals surface area contributed by atoms with Gasteiger partial charge in [-0.3, -0.25) is 4.68 Å². The molecule has 2 heterocycles. The van der Waals surface area contributed by atoms with Crippen molar-refractivity contribution in [1.82, 2.24) is 19.7 Å². The third-order valence-corrected chi connectivity index (χ3v) is 4.24. The first-order valence-corrected chi connectivity index (χ1v) is 8.19. The molecule has 1 fully saturated rings. The summed E-state index contributed by atoms with van der Waals surface area (Å²) in [6.07, 6.45) is 14.1. The van der Waals surface area contributed by atoms with Crippen LogP contribution in [0.1, 0.15) is 38.2 Å². The lowest BCUT2D eigenvalue weighted by atomic mass is 10.1. The molecule has 0 aromatic carbocycles. The third-order valence-electron chi connectivity index (χ3n) is 4.24. The van der Waals surface area contributed by atoms with Crippen molar-refractivity contribution in [2.75, 3.05) is 12.3 Å². The number of hydrogen-bond acceptors (Lipinski definition) is 5. The fourth-order valence-electron chi connectivity index (χ4n) is 3.06. The van der Waals surface area contributed by atoms with E-state index in [0.29, 0.717) is 12.4 Å². The van der Waals surface area contributed by atoms with E-state index in [2.05, 4.69) is 15.1 Å². The van der Waals surface area contributed by atoms with Crippen LogP contribution in [0.5, 0.6) is 0 Å². The molecule has 1 aliphatic rings. The Bertz CT molecular complexity index is 673. The van der Waals surface area contributed by atoms with Crippen LogP contribution in [0.15, 0.2) is 25.0 Å². The quantitative estimate of drug-likeness (QED) is 0.829. The van der Waals surface area contributed by atoms with Gasteiger partial charge in [-0.2, -0.15) is 5.10 Å². The molecular weight excluding hydrogens is 290 g/mol. The highest BCUT2D eigenvalue weighted by molar-refractivity contribution is 5.76. The maximum Gasteiger partial charge on any atom is 0.134 e. The van der Waals surface area contributed by atoms with Crippen molar-refractivity contribution >= 4 is 11.9 Å². The van der Waals surface area contributed by atoms with Gasteiger partial charge >= 0.3 is 0 Å². The van der Waals surface area contributed by atoms with E-state index in [-0.39, 0.29) is 0 Å². The summed E-state index contributed by atoms with van der Waals surface area (Å²) in [5.74, 6) is 1.19. The molecule has 0 atom stereocenters. The van der Waals surface area contributed by atoms with Crippen molar-refractivity contribution in [3.63, 3.8) is 0 Å². The molecule has 1 saturated carbocycles. The average Bonchev–Trinajstić information content (AvgIpc) is 3.21. The van der Waals surface area contributed by atoms with Crippen molar-refractivity contribution in [2.45, 2.75) is 39.2 Å². The van der Waals surface area contributed by atoms with Crippen molar-refractivity contribution in [1.29, 1.82) is 0 Å². The SMILES string of the molecule is CCO/C=C/c1c(N)ncnc1-c1cnn(CC2CCCC2)c1. The Labute approximate surface area is 136 Å². The first kappa shape index (κ1) is 15.5. The zero-order chi connectivity index (χ0) is 16.1. The smallest absolute Gasteiger partial charge is 0.134 e. The number of rotatable bonds is 6. The topological polar surface area (TPSA) is 78.8 Å². The minimum atomic E-state index is 0.439. The van der Waals surface area contributed by atoms with Gasteiger partial charge in [-0.25, -0.2) is 9.97 Å². The summed E-state index contributed by atoms with van der Waals surface area (Å²) < 4.78 is 7.28. The van der Waals surface area contributed by atoms with Crippen LogP contribution < -0.4 is 5.73 Å². The average molecular weight is 313 g/mol. The first-order chi connectivity index (χ1) is 11.3. The fraction of sp³-hybridized carbons (Fsp3) is 0.471. The summed E-state index contributed by atoms with van der Waals surface area (Å²) in [5.41, 5.74) is 8.50. The van der Waals surface area contributed by atoms with Gasteiger partial charge in [0.25, 0.3) is 0 Å². The van der Waals surface area contributed by atoms with Gasteiger partial charge in [-0.1, -0.05) is 12.8 Å². The Hall–Kier alpha value is -2.37. The number of aromatic nitrogens is 4. The first-order valence-electron chi connectivity index (χ1n) is 8.19. The Morgan fingerprint density at radius 2 is 2.17 bits per heavy atom. The Balaban J connectivity index is 1.83. The van der Waals surface area contributed by atoms with Crippen molar-refractivity contribution in [3.05, 3.63) is 30.5 Å². The minimum Gasteiger partial charge on any atom is -0.501 e. The van der Waals surface area contributed by atoms with Gasteiger partial charge in [0, 0.05) is 23.9 Å². The summed E-state index contributed by atoms with van der Waals surface area (Å²) in [4.78, 5) is 8.45. The monoisotopic (exact) mass is 313 g/mol. The highest BCUT2D eigenvalue weighted by Gasteiger charge is 2.17. The van der Waals surface area contributed by atoms with E-state index in [1.165, 1.54) is 32.0 Å². The normalized spacial score (nSPS) is 15.5. The Kier molecular flexibility index (Phi) is 4.90. The predicted molar refractivity (Wildman–Crippen MR) is 90.3 cm³/mol. The van der Waals surface area contributed by atoms with Crippen LogP contribution in [-0.4, -0.2) is 26.4 Å². The lowest BCUT2D eigenvalue weighted by Crippen LogP contribution is -2.07. The lowest BCUT2D eigenvalue weighted by molar-refractivity contribution is 0.272. The zero-order valence-electron chi connectivity index (χ0n) is 13.5. The number of nitrogen functional groups attached to an aromatic ring is 1. The summed E-state index contributed by atoms with van der Waals surface area (Å²) >= 11 is 0. The van der Waals surface area contributed by atoms with E-state index >= 15 is 0 Å². The van der Waals surface area contributed by atoms with Crippen LogP contribution in [0.25, 0.3) is 17.3 Å². The Morgan fingerprint density at radius 1 is 1.35 bits per heavy atom. The molecule has 0 aliphatic heterocycles. The summed E-state index contributed by atoms with van der Waals surface area (Å²) in [7, 11) is 0. The van der Waals surface area contributed by atoms with E-state index in [4.69, 9.17) is 10.5 Å². The van der Waals surface area contributed by atoms with Gasteiger partial charge in [-0.05, 0) is 31.8 Å². The number of anilines is 1. The molecule has 0 spiro atoms. The number of nitrogens with two attached hydrogens (primary N) is 1. The molecule has 0 saturated heterocycles. The number of ether oxygens (including phenoxy) is 1. The van der Waals surface area contributed by atoms with E-state index in [1.54, 1.807) is 6.26 Å². The molecule has 2 aromatic rings. The van der Waals surface area contributed by atoms with E-state index < -0.39 is 0 Å². The van der Waals surface area contributed by atoms with E-state index in [1.807, 2.05) is 30.1 Å². The molecule has 3 rings (SSSR count). The predicted octanol–water partition coefficient (Wildman–Crippen LogP) is 3.12. The number of hydrogen-bond donors (Lipinski definition) is 1. The summed E-state index contributed by atoms with van der Waals surface area (Å²) in [6.45, 7) is 3.52. The molecule has 0 unspecified atom stereocenters. The van der Waals surface area contributed by atoms with Crippen LogP contribution >= 0.6 is 0 Å². The van der Waals surface area contributed by atoms with Gasteiger partial charge in [0.05, 0.1) is 24.8 Å². The highest BCUT2D eigenvalue weighted by Crippen LogP contribution is 2.28. The zero-order valence-corrected chi connectivity index (χ0v) is 13.5. The summed E-state index contributed by atoms with van der Waals surface area (Å²) in [5, 5.41) is 4.48. The van der Waals surface area contributed by atoms with Crippen molar-refractivity contribution < 1.29 is 4.74 Å². The largest absolute Gasteiger partial charge is 0.501 e. The molecule has 1 aliphatic carbocycles. The summed E-state index contributed by atoms with van der Waals surface area (Å²) in [6, 6.07) is 0. The van der Waals surface area contributed by atoms with Crippen LogP contribution in [0.3, 0.4) is 0 Å². The van der Waals surface area contributed by atoms with Gasteiger partial charge in [-0.15, -0.1) is 0 Å².